The van der Waals surface area contributed by atoms with Crippen LogP contribution in [0.2, 0.25) is 0 Å². The highest BCUT2D eigenvalue weighted by atomic mass is 15.0. The number of unbranched alkanes of at least 4 members (excludes halogenated alkanes) is 3. The van der Waals surface area contributed by atoms with Gasteiger partial charge in [-0.2, -0.15) is 0 Å². The van der Waals surface area contributed by atoms with Crippen molar-refractivity contribution in [1.29, 1.82) is 0 Å². The molecular formula is C26H38N4. The first-order valence-electron chi connectivity index (χ1n) is 11.7. The minimum absolute atomic E-state index is 0.301. The first-order chi connectivity index (χ1) is 14.6. The van der Waals surface area contributed by atoms with Crippen molar-refractivity contribution in [2.75, 3.05) is 5.73 Å². The first kappa shape index (κ1) is 22.3. The van der Waals surface area contributed by atoms with Gasteiger partial charge in [-0.3, -0.25) is 0 Å². The summed E-state index contributed by atoms with van der Waals surface area (Å²) in [5, 5.41) is 0. The number of anilines is 1. The SMILES string of the molecule is C=C(/C=C\c1ccc(-c2cnc(N)nc2)n1C)CC1CCC(CCCCCC)CC1. The Kier molecular flexibility index (Phi) is 8.30. The molecule has 2 N–H and O–H groups in total. The van der Waals surface area contributed by atoms with Crippen LogP contribution >= 0.6 is 0 Å². The van der Waals surface area contributed by atoms with Crippen LogP contribution in [0.25, 0.3) is 17.3 Å². The quantitative estimate of drug-likeness (QED) is 0.348. The van der Waals surface area contributed by atoms with Crippen LogP contribution in [0.3, 0.4) is 0 Å². The van der Waals surface area contributed by atoms with Gasteiger partial charge >= 0.3 is 0 Å². The van der Waals surface area contributed by atoms with Crippen LogP contribution in [0.15, 0.2) is 42.8 Å². The minimum atomic E-state index is 0.301. The molecule has 1 saturated carbocycles. The Bertz CT molecular complexity index is 823. The zero-order valence-electron chi connectivity index (χ0n) is 18.8. The van der Waals surface area contributed by atoms with Crippen molar-refractivity contribution < 1.29 is 0 Å². The number of nitrogens with two attached hydrogens (primary N) is 1. The fraction of sp³-hybridized carbons (Fsp3) is 0.538. The molecule has 0 atom stereocenters. The molecule has 162 valence electrons. The number of hydrogen-bond donors (Lipinski definition) is 1. The summed E-state index contributed by atoms with van der Waals surface area (Å²) in [4.78, 5) is 8.19. The summed E-state index contributed by atoms with van der Waals surface area (Å²) in [5.41, 5.74) is 10.0. The molecule has 30 heavy (non-hydrogen) atoms. The van der Waals surface area contributed by atoms with E-state index in [2.05, 4.69) is 59.4 Å². The smallest absolute Gasteiger partial charge is 0.219 e. The van der Waals surface area contributed by atoms with E-state index in [1.54, 1.807) is 12.4 Å². The fourth-order valence-corrected chi connectivity index (χ4v) is 4.68. The number of nitrogen functional groups attached to an aromatic ring is 1. The van der Waals surface area contributed by atoms with Crippen LogP contribution in [0.4, 0.5) is 5.95 Å². The maximum atomic E-state index is 5.60. The van der Waals surface area contributed by atoms with Gasteiger partial charge in [-0.15, -0.1) is 0 Å². The van der Waals surface area contributed by atoms with E-state index in [4.69, 9.17) is 5.73 Å². The van der Waals surface area contributed by atoms with Crippen LogP contribution in [0.1, 0.15) is 76.8 Å². The Morgan fingerprint density at radius 2 is 1.80 bits per heavy atom. The summed E-state index contributed by atoms with van der Waals surface area (Å²) in [7, 11) is 2.07. The lowest BCUT2D eigenvalue weighted by Crippen LogP contribution is -2.14. The van der Waals surface area contributed by atoms with Crippen LogP contribution < -0.4 is 5.73 Å². The highest BCUT2D eigenvalue weighted by Crippen LogP contribution is 2.35. The van der Waals surface area contributed by atoms with E-state index in [-0.39, 0.29) is 0 Å². The molecule has 0 saturated heterocycles. The van der Waals surface area contributed by atoms with Crippen molar-refractivity contribution in [2.45, 2.75) is 71.1 Å². The van der Waals surface area contributed by atoms with Gasteiger partial charge in [0.1, 0.15) is 0 Å². The molecule has 2 heterocycles. The van der Waals surface area contributed by atoms with Crippen LogP contribution in [-0.4, -0.2) is 14.5 Å². The zero-order chi connectivity index (χ0) is 21.3. The standard InChI is InChI=1S/C26H38N4/c1-4-5-6-7-8-21-10-12-22(13-11-21)17-20(2)9-14-24-15-16-25(30(24)3)23-18-28-26(27)29-19-23/h9,14-16,18-19,21-22H,2,4-8,10-13,17H2,1,3H3,(H2,27,28,29)/b14-9-. The summed E-state index contributed by atoms with van der Waals surface area (Å²) in [6.45, 7) is 6.62. The average Bonchev–Trinajstić information content (AvgIpc) is 3.12. The van der Waals surface area contributed by atoms with Gasteiger partial charge in [0.05, 0.1) is 5.69 Å². The van der Waals surface area contributed by atoms with Gasteiger partial charge in [0.25, 0.3) is 0 Å². The third kappa shape index (κ3) is 6.32. The molecule has 0 unspecified atom stereocenters. The van der Waals surface area contributed by atoms with E-state index in [1.807, 2.05) is 0 Å². The summed E-state index contributed by atoms with van der Waals surface area (Å²) >= 11 is 0. The molecular weight excluding hydrogens is 368 g/mol. The second-order valence-electron chi connectivity index (χ2n) is 8.96. The number of allylic oxidation sites excluding steroid dienone is 2. The van der Waals surface area contributed by atoms with Crippen molar-refractivity contribution in [1.82, 2.24) is 14.5 Å². The van der Waals surface area contributed by atoms with Gasteiger partial charge in [0.2, 0.25) is 5.95 Å². The molecule has 3 rings (SSSR count). The fourth-order valence-electron chi connectivity index (χ4n) is 4.68. The van der Waals surface area contributed by atoms with E-state index < -0.39 is 0 Å². The number of hydrogen-bond acceptors (Lipinski definition) is 3. The molecule has 1 fully saturated rings. The first-order valence-corrected chi connectivity index (χ1v) is 11.7. The maximum Gasteiger partial charge on any atom is 0.219 e. The van der Waals surface area contributed by atoms with Crippen LogP contribution in [-0.2, 0) is 7.05 Å². The van der Waals surface area contributed by atoms with Crippen molar-refractivity contribution in [3.63, 3.8) is 0 Å². The molecule has 4 nitrogen and oxygen atoms in total. The van der Waals surface area contributed by atoms with E-state index in [0.717, 1.165) is 35.2 Å². The molecule has 2 aromatic rings. The molecule has 0 amide bonds. The second kappa shape index (κ2) is 11.1. The summed E-state index contributed by atoms with van der Waals surface area (Å²) in [5.74, 6) is 2.08. The van der Waals surface area contributed by atoms with Crippen molar-refractivity contribution >= 4 is 12.0 Å². The van der Waals surface area contributed by atoms with Crippen molar-refractivity contribution in [3.8, 4) is 11.3 Å². The summed E-state index contributed by atoms with van der Waals surface area (Å²) in [6, 6.07) is 4.22. The van der Waals surface area contributed by atoms with E-state index in [0.29, 0.717) is 5.95 Å². The zero-order valence-corrected chi connectivity index (χ0v) is 18.8. The number of aromatic nitrogens is 3. The molecule has 0 aliphatic heterocycles. The normalized spacial score (nSPS) is 19.4. The molecule has 1 aliphatic carbocycles. The molecule has 2 aromatic heterocycles. The van der Waals surface area contributed by atoms with Gasteiger partial charge < -0.3 is 10.3 Å². The van der Waals surface area contributed by atoms with Gasteiger partial charge in [0, 0.05) is 30.7 Å². The molecule has 1 aliphatic rings. The maximum absolute atomic E-state index is 5.60. The second-order valence-corrected chi connectivity index (χ2v) is 8.96. The van der Waals surface area contributed by atoms with E-state index in [9.17, 15) is 0 Å². The topological polar surface area (TPSA) is 56.7 Å². The summed E-state index contributed by atoms with van der Waals surface area (Å²) < 4.78 is 2.16. The minimum Gasteiger partial charge on any atom is -0.368 e. The number of rotatable bonds is 10. The van der Waals surface area contributed by atoms with Gasteiger partial charge in [0.15, 0.2) is 0 Å². The predicted molar refractivity (Wildman–Crippen MR) is 128 cm³/mol. The average molecular weight is 407 g/mol. The number of nitrogens with zero attached hydrogens (tertiary/aromatic N) is 3. The third-order valence-electron chi connectivity index (χ3n) is 6.60. The third-order valence-corrected chi connectivity index (χ3v) is 6.60. The van der Waals surface area contributed by atoms with Gasteiger partial charge in [-0.1, -0.05) is 70.1 Å². The molecule has 4 heteroatoms. The molecule has 0 bridgehead atoms. The largest absolute Gasteiger partial charge is 0.368 e. The molecule has 0 radical (unpaired) electrons. The van der Waals surface area contributed by atoms with Crippen molar-refractivity contribution in [2.24, 2.45) is 18.9 Å². The lowest BCUT2D eigenvalue weighted by atomic mass is 9.77. The highest BCUT2D eigenvalue weighted by Gasteiger charge is 2.21. The van der Waals surface area contributed by atoms with Gasteiger partial charge in [-0.25, -0.2) is 9.97 Å². The van der Waals surface area contributed by atoms with E-state index >= 15 is 0 Å². The van der Waals surface area contributed by atoms with Crippen LogP contribution in [0, 0.1) is 11.8 Å². The Balaban J connectivity index is 1.46. The van der Waals surface area contributed by atoms with Crippen molar-refractivity contribution in [3.05, 3.63) is 48.4 Å². The Hall–Kier alpha value is -2.36. The Labute approximate surface area is 182 Å². The highest BCUT2D eigenvalue weighted by molar-refractivity contribution is 5.63. The van der Waals surface area contributed by atoms with Crippen LogP contribution in [0.5, 0.6) is 0 Å². The predicted octanol–water partition coefficient (Wildman–Crippen LogP) is 6.80. The lowest BCUT2D eigenvalue weighted by molar-refractivity contribution is 0.258. The summed E-state index contributed by atoms with van der Waals surface area (Å²) in [6.07, 6.45) is 21.6. The monoisotopic (exact) mass is 406 g/mol. The lowest BCUT2D eigenvalue weighted by Gasteiger charge is -2.28. The Morgan fingerprint density at radius 1 is 1.10 bits per heavy atom. The van der Waals surface area contributed by atoms with E-state index in [1.165, 1.54) is 63.4 Å². The molecule has 0 spiro atoms. The molecule has 0 aromatic carbocycles. The van der Waals surface area contributed by atoms with Gasteiger partial charge in [-0.05, 0) is 49.3 Å². The Morgan fingerprint density at radius 3 is 2.50 bits per heavy atom.